The highest BCUT2D eigenvalue weighted by molar-refractivity contribution is 5.36. The Morgan fingerprint density at radius 2 is 1.55 bits per heavy atom. The van der Waals surface area contributed by atoms with Crippen molar-refractivity contribution in [1.29, 1.82) is 0 Å². The third-order valence-electron chi connectivity index (χ3n) is 3.44. The van der Waals surface area contributed by atoms with Gasteiger partial charge in [0.15, 0.2) is 0 Å². The maximum atomic E-state index is 10.4. The van der Waals surface area contributed by atoms with Gasteiger partial charge in [0.1, 0.15) is 11.9 Å². The lowest BCUT2D eigenvalue weighted by Crippen LogP contribution is -2.02. The standard InChI is InChI=1S/C19H17NO2/c1-14-12-16(18(21)15-8-4-2-5-9-15)13-20-19(14)22-17-10-6-3-7-11-17/h2-13,18,21H,1H3/t18-/m1/s1. The number of ether oxygens (including phenoxy) is 1. The van der Waals surface area contributed by atoms with Gasteiger partial charge in [-0.05, 0) is 30.7 Å². The molecule has 0 aliphatic rings. The zero-order chi connectivity index (χ0) is 15.4. The Morgan fingerprint density at radius 1 is 0.909 bits per heavy atom. The number of pyridine rings is 1. The number of benzene rings is 2. The molecule has 0 aliphatic heterocycles. The van der Waals surface area contributed by atoms with Crippen molar-refractivity contribution in [2.24, 2.45) is 0 Å². The Hall–Kier alpha value is -2.65. The lowest BCUT2D eigenvalue weighted by molar-refractivity contribution is 0.219. The van der Waals surface area contributed by atoms with E-state index in [1.165, 1.54) is 0 Å². The molecule has 1 heterocycles. The number of para-hydroxylation sites is 1. The molecule has 3 heteroatoms. The van der Waals surface area contributed by atoms with Crippen LogP contribution in [0.5, 0.6) is 11.6 Å². The van der Waals surface area contributed by atoms with Crippen molar-refractivity contribution in [3.63, 3.8) is 0 Å². The van der Waals surface area contributed by atoms with Crippen LogP contribution < -0.4 is 4.74 Å². The number of aliphatic hydroxyl groups excluding tert-OH is 1. The van der Waals surface area contributed by atoms with Crippen LogP contribution in [0.1, 0.15) is 22.8 Å². The Balaban J connectivity index is 1.83. The van der Waals surface area contributed by atoms with Crippen LogP contribution >= 0.6 is 0 Å². The van der Waals surface area contributed by atoms with E-state index < -0.39 is 6.10 Å². The van der Waals surface area contributed by atoms with Crippen LogP contribution in [0.4, 0.5) is 0 Å². The molecular formula is C19H17NO2. The molecular weight excluding hydrogens is 274 g/mol. The van der Waals surface area contributed by atoms with Gasteiger partial charge < -0.3 is 9.84 Å². The summed E-state index contributed by atoms with van der Waals surface area (Å²) in [7, 11) is 0. The van der Waals surface area contributed by atoms with E-state index in [2.05, 4.69) is 4.98 Å². The molecule has 110 valence electrons. The van der Waals surface area contributed by atoms with Gasteiger partial charge in [0.2, 0.25) is 5.88 Å². The van der Waals surface area contributed by atoms with E-state index in [0.29, 0.717) is 5.88 Å². The fourth-order valence-electron chi connectivity index (χ4n) is 2.27. The molecule has 1 atom stereocenters. The van der Waals surface area contributed by atoms with Crippen molar-refractivity contribution in [3.05, 3.63) is 89.6 Å². The minimum atomic E-state index is -0.682. The average molecular weight is 291 g/mol. The Kier molecular flexibility index (Phi) is 4.17. The third-order valence-corrected chi connectivity index (χ3v) is 3.44. The summed E-state index contributed by atoms with van der Waals surface area (Å²) in [6, 6.07) is 21.0. The van der Waals surface area contributed by atoms with Crippen molar-refractivity contribution in [2.45, 2.75) is 13.0 Å². The van der Waals surface area contributed by atoms with E-state index in [0.717, 1.165) is 22.4 Å². The molecule has 0 saturated heterocycles. The van der Waals surface area contributed by atoms with Gasteiger partial charge in [0, 0.05) is 17.3 Å². The second-order valence-electron chi connectivity index (χ2n) is 5.12. The van der Waals surface area contributed by atoms with Gasteiger partial charge in [0.05, 0.1) is 0 Å². The summed E-state index contributed by atoms with van der Waals surface area (Å²) in [5.74, 6) is 1.30. The normalized spacial score (nSPS) is 11.9. The van der Waals surface area contributed by atoms with E-state index in [1.807, 2.05) is 73.7 Å². The predicted molar refractivity (Wildman–Crippen MR) is 86.0 cm³/mol. The molecule has 0 bridgehead atoms. The van der Waals surface area contributed by atoms with Gasteiger partial charge in [-0.2, -0.15) is 0 Å². The monoisotopic (exact) mass is 291 g/mol. The van der Waals surface area contributed by atoms with Gasteiger partial charge in [-0.1, -0.05) is 48.5 Å². The molecule has 0 spiro atoms. The van der Waals surface area contributed by atoms with Gasteiger partial charge in [-0.3, -0.25) is 0 Å². The molecule has 2 aromatic carbocycles. The lowest BCUT2D eigenvalue weighted by Gasteiger charge is -2.13. The molecule has 3 aromatic rings. The minimum absolute atomic E-state index is 0.551. The lowest BCUT2D eigenvalue weighted by atomic mass is 10.0. The molecule has 0 saturated carbocycles. The molecule has 1 N–H and O–H groups in total. The molecule has 0 aliphatic carbocycles. The maximum absolute atomic E-state index is 10.4. The summed E-state index contributed by atoms with van der Waals surface area (Å²) < 4.78 is 5.76. The van der Waals surface area contributed by atoms with Crippen molar-refractivity contribution >= 4 is 0 Å². The highest BCUT2D eigenvalue weighted by Gasteiger charge is 2.13. The van der Waals surface area contributed by atoms with Crippen LogP contribution in [0.25, 0.3) is 0 Å². The van der Waals surface area contributed by atoms with Crippen LogP contribution in [-0.4, -0.2) is 10.1 Å². The zero-order valence-corrected chi connectivity index (χ0v) is 12.3. The summed E-state index contributed by atoms with van der Waals surface area (Å²) in [5, 5.41) is 10.4. The van der Waals surface area contributed by atoms with E-state index in [9.17, 15) is 5.11 Å². The fraction of sp³-hybridized carbons (Fsp3) is 0.105. The molecule has 0 amide bonds. The Labute approximate surface area is 129 Å². The highest BCUT2D eigenvalue weighted by atomic mass is 16.5. The second-order valence-corrected chi connectivity index (χ2v) is 5.12. The predicted octanol–water partition coefficient (Wildman–Crippen LogP) is 4.26. The van der Waals surface area contributed by atoms with Crippen LogP contribution in [0.15, 0.2) is 72.9 Å². The van der Waals surface area contributed by atoms with Crippen molar-refractivity contribution in [3.8, 4) is 11.6 Å². The van der Waals surface area contributed by atoms with Crippen LogP contribution in [-0.2, 0) is 0 Å². The van der Waals surface area contributed by atoms with Crippen molar-refractivity contribution in [1.82, 2.24) is 4.98 Å². The van der Waals surface area contributed by atoms with Gasteiger partial charge in [-0.15, -0.1) is 0 Å². The first-order valence-electron chi connectivity index (χ1n) is 7.16. The summed E-state index contributed by atoms with van der Waals surface area (Å²) >= 11 is 0. The number of hydrogen-bond donors (Lipinski definition) is 1. The number of rotatable bonds is 4. The topological polar surface area (TPSA) is 42.4 Å². The molecule has 3 rings (SSSR count). The smallest absolute Gasteiger partial charge is 0.222 e. The largest absolute Gasteiger partial charge is 0.439 e. The molecule has 1 aromatic heterocycles. The van der Waals surface area contributed by atoms with E-state index >= 15 is 0 Å². The molecule has 0 fully saturated rings. The van der Waals surface area contributed by atoms with E-state index in [4.69, 9.17) is 4.74 Å². The number of nitrogens with zero attached hydrogens (tertiary/aromatic N) is 1. The quantitative estimate of drug-likeness (QED) is 0.780. The number of aryl methyl sites for hydroxylation is 1. The Bertz CT molecular complexity index is 742. The maximum Gasteiger partial charge on any atom is 0.222 e. The van der Waals surface area contributed by atoms with Crippen LogP contribution in [0.2, 0.25) is 0 Å². The second kappa shape index (κ2) is 6.41. The fourth-order valence-corrected chi connectivity index (χ4v) is 2.27. The van der Waals surface area contributed by atoms with Gasteiger partial charge in [0.25, 0.3) is 0 Å². The summed E-state index contributed by atoms with van der Waals surface area (Å²) in [6.07, 6.45) is 0.973. The SMILES string of the molecule is Cc1cc([C@H](O)c2ccccc2)cnc1Oc1ccccc1. The van der Waals surface area contributed by atoms with Crippen LogP contribution in [0.3, 0.4) is 0 Å². The minimum Gasteiger partial charge on any atom is -0.439 e. The average Bonchev–Trinajstić information content (AvgIpc) is 2.58. The first-order valence-corrected chi connectivity index (χ1v) is 7.16. The summed E-state index contributed by atoms with van der Waals surface area (Å²) in [6.45, 7) is 1.92. The van der Waals surface area contributed by atoms with E-state index in [-0.39, 0.29) is 0 Å². The Morgan fingerprint density at radius 3 is 2.18 bits per heavy atom. The molecule has 3 nitrogen and oxygen atoms in total. The number of aliphatic hydroxyl groups is 1. The van der Waals surface area contributed by atoms with Crippen LogP contribution in [0, 0.1) is 6.92 Å². The zero-order valence-electron chi connectivity index (χ0n) is 12.3. The summed E-state index contributed by atoms with van der Waals surface area (Å²) in [5.41, 5.74) is 2.49. The number of hydrogen-bond acceptors (Lipinski definition) is 3. The molecule has 22 heavy (non-hydrogen) atoms. The van der Waals surface area contributed by atoms with E-state index in [1.54, 1.807) is 6.20 Å². The first-order chi connectivity index (χ1) is 10.7. The molecule has 0 radical (unpaired) electrons. The van der Waals surface area contributed by atoms with Crippen molar-refractivity contribution < 1.29 is 9.84 Å². The highest BCUT2D eigenvalue weighted by Crippen LogP contribution is 2.27. The summed E-state index contributed by atoms with van der Waals surface area (Å²) in [4.78, 5) is 4.34. The third kappa shape index (κ3) is 3.15. The van der Waals surface area contributed by atoms with Gasteiger partial charge >= 0.3 is 0 Å². The first kappa shape index (κ1) is 14.3. The van der Waals surface area contributed by atoms with Gasteiger partial charge in [-0.25, -0.2) is 4.98 Å². The van der Waals surface area contributed by atoms with Crippen molar-refractivity contribution in [2.75, 3.05) is 0 Å². The molecule has 0 unspecified atom stereocenters. The number of aromatic nitrogens is 1.